The first kappa shape index (κ1) is 24.8. The van der Waals surface area contributed by atoms with E-state index >= 15 is 0 Å². The summed E-state index contributed by atoms with van der Waals surface area (Å²) >= 11 is 1.48. The maximum atomic E-state index is 13.2. The number of ether oxygens (including phenoxy) is 1. The van der Waals surface area contributed by atoms with Crippen LogP contribution in [-0.2, 0) is 17.5 Å². The molecule has 1 aromatic carbocycles. The summed E-state index contributed by atoms with van der Waals surface area (Å²) in [5.74, 6) is 0.617. The Morgan fingerprint density at radius 2 is 1.97 bits per heavy atom. The summed E-state index contributed by atoms with van der Waals surface area (Å²) < 4.78 is 46.5. The summed E-state index contributed by atoms with van der Waals surface area (Å²) in [5.41, 5.74) is -0.811. The van der Waals surface area contributed by atoms with Gasteiger partial charge in [0.1, 0.15) is 5.82 Å². The van der Waals surface area contributed by atoms with Crippen LogP contribution < -0.4 is 10.6 Å². The number of hydrogen-bond donors (Lipinski definition) is 2. The number of thioether (sulfide) groups is 1. The number of aromatic nitrogens is 4. The maximum Gasteiger partial charge on any atom is 0.417 e. The first-order valence-electron chi connectivity index (χ1n) is 10.5. The van der Waals surface area contributed by atoms with Crippen molar-refractivity contribution < 1.29 is 22.7 Å². The topological polar surface area (TPSA) is 94.0 Å². The Bertz CT molecular complexity index is 1090. The molecule has 3 rings (SSSR count). The lowest BCUT2D eigenvalue weighted by Crippen LogP contribution is -2.29. The van der Waals surface area contributed by atoms with Crippen LogP contribution in [0.15, 0.2) is 35.6 Å². The predicted octanol–water partition coefficient (Wildman–Crippen LogP) is 3.84. The molecule has 0 aliphatic carbocycles. The minimum absolute atomic E-state index is 0.0785. The largest absolute Gasteiger partial charge is 0.417 e. The Hall–Kier alpha value is -2.86. The molecule has 0 atom stereocenters. The Labute approximate surface area is 193 Å². The fourth-order valence-electron chi connectivity index (χ4n) is 3.11. The summed E-state index contributed by atoms with van der Waals surface area (Å²) in [6.45, 7) is 5.93. The fraction of sp³-hybridized carbons (Fsp3) is 0.429. The van der Waals surface area contributed by atoms with Gasteiger partial charge < -0.3 is 15.4 Å². The van der Waals surface area contributed by atoms with E-state index in [1.807, 2.05) is 13.8 Å². The van der Waals surface area contributed by atoms with Crippen LogP contribution in [-0.4, -0.2) is 57.7 Å². The van der Waals surface area contributed by atoms with Crippen LogP contribution in [0, 0.1) is 0 Å². The number of fused-ring (bicyclic) bond motifs is 1. The van der Waals surface area contributed by atoms with Gasteiger partial charge >= 0.3 is 6.18 Å². The number of halogens is 3. The van der Waals surface area contributed by atoms with E-state index in [4.69, 9.17) is 4.74 Å². The van der Waals surface area contributed by atoms with Crippen molar-refractivity contribution in [1.29, 1.82) is 0 Å². The molecule has 178 valence electrons. The van der Waals surface area contributed by atoms with E-state index in [1.54, 1.807) is 10.9 Å². The van der Waals surface area contributed by atoms with Crippen LogP contribution in [0.2, 0.25) is 0 Å². The van der Waals surface area contributed by atoms with Crippen molar-refractivity contribution in [2.24, 2.45) is 0 Å². The van der Waals surface area contributed by atoms with E-state index in [-0.39, 0.29) is 13.1 Å². The third-order valence-corrected chi connectivity index (χ3v) is 5.31. The molecule has 2 N–H and O–H groups in total. The van der Waals surface area contributed by atoms with Gasteiger partial charge in [-0.15, -0.1) is 0 Å². The quantitative estimate of drug-likeness (QED) is 0.244. The second kappa shape index (κ2) is 11.3. The van der Waals surface area contributed by atoms with Crippen molar-refractivity contribution in [1.82, 2.24) is 25.1 Å². The zero-order valence-corrected chi connectivity index (χ0v) is 19.1. The molecule has 2 heterocycles. The molecule has 0 aliphatic heterocycles. The van der Waals surface area contributed by atoms with Crippen LogP contribution >= 0.6 is 11.8 Å². The highest BCUT2D eigenvalue weighted by Crippen LogP contribution is 2.31. The van der Waals surface area contributed by atoms with Crippen LogP contribution in [0.4, 0.5) is 19.0 Å². The Morgan fingerprint density at radius 3 is 2.70 bits per heavy atom. The summed E-state index contributed by atoms with van der Waals surface area (Å²) in [6.07, 6.45) is -2.98. The third kappa shape index (κ3) is 6.35. The standard InChI is InChI=1S/C21H25F3N6O2S/c1-3-32-12-10-25-17-15-13-27-30(18(15)29-20(28-17)33-4-2)11-9-26-19(31)14-7-5-6-8-16(14)21(22,23)24/h5-8,13H,3-4,9-12H2,1-2H3,(H,26,31)(H,25,28,29). The van der Waals surface area contributed by atoms with Gasteiger partial charge in [-0.25, -0.2) is 14.6 Å². The molecule has 0 bridgehead atoms. The molecule has 0 radical (unpaired) electrons. The average Bonchev–Trinajstić information content (AvgIpc) is 3.19. The lowest BCUT2D eigenvalue weighted by molar-refractivity contribution is -0.137. The number of alkyl halides is 3. The van der Waals surface area contributed by atoms with Crippen molar-refractivity contribution >= 4 is 34.5 Å². The molecule has 0 saturated carbocycles. The van der Waals surface area contributed by atoms with Gasteiger partial charge in [0.2, 0.25) is 0 Å². The second-order valence-electron chi connectivity index (χ2n) is 6.82. The van der Waals surface area contributed by atoms with E-state index in [0.717, 1.165) is 17.9 Å². The molecule has 0 spiro atoms. The number of benzene rings is 1. The lowest BCUT2D eigenvalue weighted by Gasteiger charge is -2.13. The SMILES string of the molecule is CCOCCNc1nc(SCC)nc2c1cnn2CCNC(=O)c1ccccc1C(F)(F)F. The number of carbonyl (C=O) groups excluding carboxylic acids is 1. The molecule has 8 nitrogen and oxygen atoms in total. The number of carbonyl (C=O) groups is 1. The van der Waals surface area contributed by atoms with Gasteiger partial charge in [-0.1, -0.05) is 30.8 Å². The van der Waals surface area contributed by atoms with Crippen molar-refractivity contribution in [3.63, 3.8) is 0 Å². The number of amides is 1. The molecule has 2 aromatic heterocycles. The molecule has 0 aliphatic rings. The highest BCUT2D eigenvalue weighted by atomic mass is 32.2. The van der Waals surface area contributed by atoms with Crippen LogP contribution in [0.5, 0.6) is 0 Å². The molecule has 33 heavy (non-hydrogen) atoms. The average molecular weight is 483 g/mol. The fourth-order valence-corrected chi connectivity index (χ4v) is 3.68. The first-order valence-corrected chi connectivity index (χ1v) is 11.5. The summed E-state index contributed by atoms with van der Waals surface area (Å²) in [6, 6.07) is 4.69. The normalized spacial score (nSPS) is 11.7. The minimum atomic E-state index is -4.61. The van der Waals surface area contributed by atoms with Gasteiger partial charge in [-0.2, -0.15) is 18.3 Å². The Kier molecular flexibility index (Phi) is 8.50. The minimum Gasteiger partial charge on any atom is -0.380 e. The predicted molar refractivity (Wildman–Crippen MR) is 120 cm³/mol. The van der Waals surface area contributed by atoms with Gasteiger partial charge in [-0.3, -0.25) is 4.79 Å². The lowest BCUT2D eigenvalue weighted by atomic mass is 10.1. The molecule has 12 heteroatoms. The number of nitrogens with zero attached hydrogens (tertiary/aromatic N) is 4. The second-order valence-corrected chi connectivity index (χ2v) is 8.05. The maximum absolute atomic E-state index is 13.2. The molecular weight excluding hydrogens is 457 g/mol. The highest BCUT2D eigenvalue weighted by molar-refractivity contribution is 7.99. The monoisotopic (exact) mass is 482 g/mol. The zero-order chi connectivity index (χ0) is 23.8. The zero-order valence-electron chi connectivity index (χ0n) is 18.3. The van der Waals surface area contributed by atoms with Crippen molar-refractivity contribution in [3.05, 3.63) is 41.6 Å². The van der Waals surface area contributed by atoms with Crippen LogP contribution in [0.25, 0.3) is 11.0 Å². The van der Waals surface area contributed by atoms with Crippen LogP contribution in [0.3, 0.4) is 0 Å². The number of hydrogen-bond acceptors (Lipinski definition) is 7. The van der Waals surface area contributed by atoms with E-state index in [0.29, 0.717) is 41.8 Å². The summed E-state index contributed by atoms with van der Waals surface area (Å²) in [4.78, 5) is 21.5. The first-order chi connectivity index (χ1) is 15.8. The van der Waals surface area contributed by atoms with E-state index < -0.39 is 23.2 Å². The number of anilines is 1. The molecule has 0 saturated heterocycles. The van der Waals surface area contributed by atoms with Gasteiger partial charge in [0.15, 0.2) is 10.8 Å². The highest BCUT2D eigenvalue weighted by Gasteiger charge is 2.34. The molecule has 0 fully saturated rings. The smallest absolute Gasteiger partial charge is 0.380 e. The van der Waals surface area contributed by atoms with Gasteiger partial charge in [-0.05, 0) is 24.8 Å². The van der Waals surface area contributed by atoms with Gasteiger partial charge in [0, 0.05) is 19.7 Å². The molecule has 0 unspecified atom stereocenters. The number of nitrogens with one attached hydrogen (secondary N) is 2. The van der Waals surface area contributed by atoms with E-state index in [1.165, 1.54) is 23.9 Å². The van der Waals surface area contributed by atoms with Crippen molar-refractivity contribution in [3.8, 4) is 0 Å². The Morgan fingerprint density at radius 1 is 1.18 bits per heavy atom. The van der Waals surface area contributed by atoms with E-state index in [2.05, 4.69) is 25.7 Å². The van der Waals surface area contributed by atoms with Crippen LogP contribution in [0.1, 0.15) is 29.8 Å². The van der Waals surface area contributed by atoms with Gasteiger partial charge in [0.05, 0.1) is 35.9 Å². The van der Waals surface area contributed by atoms with E-state index in [9.17, 15) is 18.0 Å². The molecule has 3 aromatic rings. The van der Waals surface area contributed by atoms with Crippen molar-refractivity contribution in [2.75, 3.05) is 37.4 Å². The number of rotatable bonds is 11. The summed E-state index contributed by atoms with van der Waals surface area (Å²) in [5, 5.41) is 11.4. The van der Waals surface area contributed by atoms with Crippen molar-refractivity contribution in [2.45, 2.75) is 31.7 Å². The van der Waals surface area contributed by atoms with Gasteiger partial charge in [0.25, 0.3) is 5.91 Å². The molecular formula is C21H25F3N6O2S. The Balaban J connectivity index is 1.73. The molecule has 1 amide bonds. The summed E-state index contributed by atoms with van der Waals surface area (Å²) in [7, 11) is 0. The third-order valence-electron chi connectivity index (χ3n) is 4.58.